The number of aromatic nitrogens is 4. The van der Waals surface area contributed by atoms with Crippen molar-refractivity contribution in [3.8, 4) is 39.5 Å². The van der Waals surface area contributed by atoms with Crippen LogP contribution in [0.25, 0.3) is 43.9 Å². The molecule has 0 radical (unpaired) electrons. The van der Waals surface area contributed by atoms with Gasteiger partial charge in [-0.1, -0.05) is 6.58 Å². The third-order valence-electron chi connectivity index (χ3n) is 9.70. The highest BCUT2D eigenvalue weighted by molar-refractivity contribution is 7.17. The standard InChI is InChI=1S/C38H39F2N7O4S/c1-6-33(49)46-18-21(2)47-30(22(46)3)16-29(44-47)37-34(35-27(40)14-25(39)15-31(35)51-11-10-50-5)26-8-12-52-38(26)36(43-37)23-13-24-19-45(20-32(48)41-4)9-7-28(24)42-17-23/h6,8,12-17,21-22H,1,7,9-11,18-20H2,2-5H3,(H,41,48)/t21-,22+/m0/s1. The van der Waals surface area contributed by atoms with E-state index in [9.17, 15) is 14.0 Å². The molecule has 270 valence electrons. The predicted octanol–water partition coefficient (Wildman–Crippen LogP) is 5.95. The summed E-state index contributed by atoms with van der Waals surface area (Å²) in [5.74, 6) is -1.82. The van der Waals surface area contributed by atoms with Crippen molar-refractivity contribution < 1.29 is 27.8 Å². The van der Waals surface area contributed by atoms with Gasteiger partial charge < -0.3 is 19.7 Å². The van der Waals surface area contributed by atoms with Crippen molar-refractivity contribution in [2.45, 2.75) is 38.9 Å². The van der Waals surface area contributed by atoms with Gasteiger partial charge in [0.2, 0.25) is 11.8 Å². The first-order chi connectivity index (χ1) is 25.1. The number of likely N-dealkylation sites (N-methyl/N-ethyl adjacent to an activating group) is 1. The monoisotopic (exact) mass is 727 g/mol. The lowest BCUT2D eigenvalue weighted by Gasteiger charge is -2.36. The molecule has 0 saturated carbocycles. The van der Waals surface area contributed by atoms with Gasteiger partial charge >= 0.3 is 0 Å². The van der Waals surface area contributed by atoms with Gasteiger partial charge in [-0.25, -0.2) is 13.8 Å². The molecular formula is C38H39F2N7O4S. The molecule has 11 nitrogen and oxygen atoms in total. The van der Waals surface area contributed by atoms with Crippen molar-refractivity contribution in [1.29, 1.82) is 0 Å². The van der Waals surface area contributed by atoms with Crippen LogP contribution in [0, 0.1) is 11.6 Å². The molecule has 52 heavy (non-hydrogen) atoms. The van der Waals surface area contributed by atoms with Crippen LogP contribution >= 0.6 is 11.3 Å². The highest BCUT2D eigenvalue weighted by Crippen LogP contribution is 2.47. The fourth-order valence-electron chi connectivity index (χ4n) is 7.11. The van der Waals surface area contributed by atoms with E-state index >= 15 is 4.39 Å². The number of nitrogens with one attached hydrogen (secondary N) is 1. The quantitative estimate of drug-likeness (QED) is 0.139. The number of nitrogens with zero attached hydrogens (tertiary/aromatic N) is 6. The number of hydrogen-bond donors (Lipinski definition) is 1. The van der Waals surface area contributed by atoms with Crippen LogP contribution in [-0.4, -0.2) is 88.4 Å². The number of pyridine rings is 2. The number of carbonyl (C=O) groups is 2. The molecule has 5 aromatic rings. The Hall–Kier alpha value is -5.05. The molecule has 2 amide bonds. The lowest BCUT2D eigenvalue weighted by molar-refractivity contribution is -0.129. The van der Waals surface area contributed by atoms with Crippen molar-refractivity contribution in [2.24, 2.45) is 0 Å². The topological polar surface area (TPSA) is 115 Å². The largest absolute Gasteiger partial charge is 0.490 e. The summed E-state index contributed by atoms with van der Waals surface area (Å²) in [5.41, 5.74) is 5.41. The molecule has 0 aliphatic carbocycles. The van der Waals surface area contributed by atoms with E-state index in [4.69, 9.17) is 24.5 Å². The van der Waals surface area contributed by atoms with Crippen LogP contribution in [0.5, 0.6) is 5.75 Å². The molecule has 7 rings (SSSR count). The normalized spacial score (nSPS) is 17.2. The molecule has 2 aliphatic heterocycles. The molecule has 0 bridgehead atoms. The lowest BCUT2D eigenvalue weighted by Crippen LogP contribution is -2.42. The molecular weight excluding hydrogens is 689 g/mol. The van der Waals surface area contributed by atoms with Crippen LogP contribution in [0.4, 0.5) is 8.78 Å². The van der Waals surface area contributed by atoms with Crippen LogP contribution < -0.4 is 10.1 Å². The van der Waals surface area contributed by atoms with Crippen LogP contribution in [0.3, 0.4) is 0 Å². The van der Waals surface area contributed by atoms with E-state index in [0.29, 0.717) is 54.1 Å². The molecule has 0 spiro atoms. The maximum absolute atomic E-state index is 16.2. The molecule has 1 aromatic carbocycles. The molecule has 1 N–H and O–H groups in total. The maximum Gasteiger partial charge on any atom is 0.246 e. The number of methoxy groups -OCH3 is 1. The van der Waals surface area contributed by atoms with E-state index in [1.165, 1.54) is 30.6 Å². The number of amides is 2. The Labute approximate surface area is 303 Å². The first kappa shape index (κ1) is 35.4. The zero-order valence-corrected chi connectivity index (χ0v) is 30.2. The van der Waals surface area contributed by atoms with Crippen LogP contribution in [-0.2, 0) is 27.3 Å². The summed E-state index contributed by atoms with van der Waals surface area (Å²) in [6.45, 7) is 9.84. The number of halogens is 2. The fraction of sp³-hybridized carbons (Fsp3) is 0.342. The van der Waals surface area contributed by atoms with Gasteiger partial charge in [0.1, 0.15) is 35.4 Å². The SMILES string of the molecule is C=CC(=O)N1C[C@H](C)n2nc(-c3nc(-c4cnc5c(c4)CN(CC(=O)NC)CC5)c4sccc4c3-c3c(F)cc(F)cc3OCCOC)cc2[C@H]1C. The summed E-state index contributed by atoms with van der Waals surface area (Å²) >= 11 is 1.45. The molecule has 0 fully saturated rings. The van der Waals surface area contributed by atoms with E-state index in [1.807, 2.05) is 36.0 Å². The number of carbonyl (C=O) groups excluding carboxylic acids is 2. The van der Waals surface area contributed by atoms with Crippen molar-refractivity contribution >= 4 is 33.2 Å². The summed E-state index contributed by atoms with van der Waals surface area (Å²) in [6, 6.07) is 7.35. The van der Waals surface area contributed by atoms with Gasteiger partial charge in [-0.05, 0) is 49.1 Å². The van der Waals surface area contributed by atoms with Crippen molar-refractivity contribution in [3.63, 3.8) is 0 Å². The molecule has 4 aromatic heterocycles. The van der Waals surface area contributed by atoms with Crippen molar-refractivity contribution in [2.75, 3.05) is 47.0 Å². The Balaban J connectivity index is 1.45. The summed E-state index contributed by atoms with van der Waals surface area (Å²) in [6.07, 6.45) is 3.81. The Morgan fingerprint density at radius 1 is 1.13 bits per heavy atom. The third-order valence-corrected chi connectivity index (χ3v) is 10.6. The van der Waals surface area contributed by atoms with Gasteiger partial charge in [-0.15, -0.1) is 11.3 Å². The highest BCUT2D eigenvalue weighted by Gasteiger charge is 2.34. The number of ether oxygens (including phenoxy) is 2. The summed E-state index contributed by atoms with van der Waals surface area (Å²) in [7, 11) is 3.15. The molecule has 0 saturated heterocycles. The predicted molar refractivity (Wildman–Crippen MR) is 195 cm³/mol. The lowest BCUT2D eigenvalue weighted by atomic mass is 9.94. The van der Waals surface area contributed by atoms with E-state index in [2.05, 4.69) is 22.9 Å². The second-order valence-electron chi connectivity index (χ2n) is 13.0. The van der Waals surface area contributed by atoms with Crippen molar-refractivity contribution in [1.82, 2.24) is 34.9 Å². The first-order valence-corrected chi connectivity index (χ1v) is 18.0. The molecule has 0 unspecified atom stereocenters. The van der Waals surface area contributed by atoms with E-state index in [0.717, 1.165) is 33.3 Å². The Morgan fingerprint density at radius 2 is 1.96 bits per heavy atom. The Kier molecular flexibility index (Phi) is 9.88. The average molecular weight is 728 g/mol. The van der Waals surface area contributed by atoms with Gasteiger partial charge in [0.15, 0.2) is 0 Å². The molecule has 2 atom stereocenters. The van der Waals surface area contributed by atoms with Gasteiger partial charge in [0.05, 0.1) is 46.9 Å². The van der Waals surface area contributed by atoms with E-state index in [-0.39, 0.29) is 55.0 Å². The summed E-state index contributed by atoms with van der Waals surface area (Å²) in [4.78, 5) is 38.9. The van der Waals surface area contributed by atoms with Crippen LogP contribution in [0.15, 0.2) is 54.6 Å². The van der Waals surface area contributed by atoms with Gasteiger partial charge in [-0.3, -0.25) is 24.2 Å². The fourth-order valence-corrected chi connectivity index (χ4v) is 8.02. The zero-order chi connectivity index (χ0) is 36.7. The summed E-state index contributed by atoms with van der Waals surface area (Å²) in [5, 5.41) is 10.3. The third kappa shape index (κ3) is 6.46. The highest BCUT2D eigenvalue weighted by atomic mass is 32.1. The summed E-state index contributed by atoms with van der Waals surface area (Å²) < 4.78 is 44.8. The number of benzene rings is 1. The smallest absolute Gasteiger partial charge is 0.246 e. The number of fused-ring (bicyclic) bond motifs is 3. The van der Waals surface area contributed by atoms with Gasteiger partial charge in [-0.2, -0.15) is 5.10 Å². The average Bonchev–Trinajstić information content (AvgIpc) is 3.81. The van der Waals surface area contributed by atoms with E-state index < -0.39 is 11.6 Å². The molecule has 6 heterocycles. The second-order valence-corrected chi connectivity index (χ2v) is 13.9. The van der Waals surface area contributed by atoms with Gasteiger partial charge in [0, 0.05) is 80.7 Å². The molecule has 2 aliphatic rings. The van der Waals surface area contributed by atoms with E-state index in [1.54, 1.807) is 18.1 Å². The van der Waals surface area contributed by atoms with Crippen LogP contribution in [0.1, 0.15) is 42.9 Å². The minimum atomic E-state index is -0.809. The van der Waals surface area contributed by atoms with Crippen molar-refractivity contribution in [3.05, 3.63) is 83.1 Å². The maximum atomic E-state index is 16.2. The Bertz CT molecular complexity index is 2200. The second kappa shape index (κ2) is 14.5. The zero-order valence-electron chi connectivity index (χ0n) is 29.4. The number of thiophene rings is 1. The molecule has 14 heteroatoms. The number of rotatable bonds is 10. The minimum Gasteiger partial charge on any atom is -0.490 e. The first-order valence-electron chi connectivity index (χ1n) is 17.1. The number of hydrogen-bond acceptors (Lipinski definition) is 9. The minimum absolute atomic E-state index is 0.0120. The van der Waals surface area contributed by atoms with Gasteiger partial charge in [0.25, 0.3) is 0 Å². The Morgan fingerprint density at radius 3 is 2.73 bits per heavy atom. The van der Waals surface area contributed by atoms with Crippen LogP contribution in [0.2, 0.25) is 0 Å².